The molecule has 0 aromatic carbocycles. The fourth-order valence-corrected chi connectivity index (χ4v) is 0.0719. The van der Waals surface area contributed by atoms with E-state index in [0.29, 0.717) is 0 Å². The van der Waals surface area contributed by atoms with Gasteiger partial charge >= 0.3 is 0 Å². The molecule has 0 rings (SSSR count). The van der Waals surface area contributed by atoms with E-state index in [1.807, 2.05) is 0 Å². The third-order valence-corrected chi connectivity index (χ3v) is 1.26. The van der Waals surface area contributed by atoms with Gasteiger partial charge in [0, 0.05) is 0 Å². The number of ketones is 1. The second kappa shape index (κ2) is 2.46. The molecule has 0 spiro atoms. The normalized spacial score (nSPS) is 10.9. The van der Waals surface area contributed by atoms with Crippen LogP contribution in [0.3, 0.4) is 0 Å². The molecule has 2 nitrogen and oxygen atoms in total. The number of halogens is 2. The van der Waals surface area contributed by atoms with E-state index in [1.54, 1.807) is 0 Å². The monoisotopic (exact) mass is 153 g/mol. The molecule has 0 fully saturated rings. The lowest BCUT2D eigenvalue weighted by molar-refractivity contribution is -0.116. The van der Waals surface area contributed by atoms with E-state index >= 15 is 0 Å². The van der Waals surface area contributed by atoms with E-state index in [1.165, 1.54) is 6.29 Å². The Morgan fingerprint density at radius 2 is 2.00 bits per heavy atom. The number of Topliss-reactive ketones (excluding diaryl/α,β-unsaturated/α-hetero) is 1. The first-order chi connectivity index (χ1) is 3.50. The predicted octanol–water partition coefficient (Wildman–Crippen LogP) is 0.859. The number of rotatable bonds is 2. The maximum absolute atomic E-state index is 10.2. The van der Waals surface area contributed by atoms with Crippen molar-refractivity contribution in [3.8, 4) is 0 Å². The maximum atomic E-state index is 10.2. The lowest BCUT2D eigenvalue weighted by Gasteiger charge is -2.01. The summed E-state index contributed by atoms with van der Waals surface area (Å²) in [5, 5.41) is 0. The Labute approximate surface area is 56.8 Å². The Morgan fingerprint density at radius 3 is 2.00 bits per heavy atom. The van der Waals surface area contributed by atoms with Crippen LogP contribution in [0.5, 0.6) is 0 Å². The minimum Gasteiger partial charge on any atom is -0.296 e. The zero-order chi connectivity index (χ0) is 6.78. The van der Waals surface area contributed by atoms with Crippen LogP contribution in [0.4, 0.5) is 0 Å². The van der Waals surface area contributed by atoms with Crippen LogP contribution in [0.25, 0.3) is 0 Å². The molecular weight excluding hydrogens is 151 g/mol. The summed E-state index contributed by atoms with van der Waals surface area (Å²) in [6, 6.07) is 0. The highest BCUT2D eigenvalue weighted by Crippen LogP contribution is 2.17. The Kier molecular flexibility index (Phi) is 2.44. The van der Waals surface area contributed by atoms with Gasteiger partial charge in [-0.05, 0) is 6.92 Å². The summed E-state index contributed by atoms with van der Waals surface area (Å²) >= 11 is 10.1. The van der Waals surface area contributed by atoms with Gasteiger partial charge in [-0.15, -0.1) is 0 Å². The highest BCUT2D eigenvalue weighted by Gasteiger charge is 2.30. The Balaban J connectivity index is 4.12. The van der Waals surface area contributed by atoms with Gasteiger partial charge < -0.3 is 0 Å². The van der Waals surface area contributed by atoms with Crippen molar-refractivity contribution >= 4 is 35.3 Å². The van der Waals surface area contributed by atoms with E-state index in [9.17, 15) is 9.59 Å². The summed E-state index contributed by atoms with van der Waals surface area (Å²) < 4.78 is -1.96. The van der Waals surface area contributed by atoms with Gasteiger partial charge in [0.15, 0.2) is 5.78 Å². The molecular formula is C4H3Cl2O2. The van der Waals surface area contributed by atoms with E-state index < -0.39 is 10.1 Å². The molecule has 0 amide bonds. The van der Waals surface area contributed by atoms with Crippen molar-refractivity contribution in [2.45, 2.75) is 11.3 Å². The second-order valence-corrected chi connectivity index (χ2v) is 2.56. The van der Waals surface area contributed by atoms with Gasteiger partial charge in [-0.3, -0.25) is 9.59 Å². The first-order valence-corrected chi connectivity index (χ1v) is 2.54. The van der Waals surface area contributed by atoms with Gasteiger partial charge in [0.25, 0.3) is 0 Å². The van der Waals surface area contributed by atoms with Gasteiger partial charge in [-0.1, -0.05) is 23.2 Å². The van der Waals surface area contributed by atoms with E-state index in [-0.39, 0.29) is 0 Å². The molecule has 0 aromatic heterocycles. The van der Waals surface area contributed by atoms with Crippen molar-refractivity contribution in [2.75, 3.05) is 0 Å². The molecule has 4 heteroatoms. The van der Waals surface area contributed by atoms with E-state index in [0.717, 1.165) is 6.92 Å². The molecule has 0 aliphatic heterocycles. The number of hydrogen-bond donors (Lipinski definition) is 0. The molecule has 45 valence electrons. The SMILES string of the molecule is CC(=O)C(Cl)(Cl)[C]=O. The molecule has 0 atom stereocenters. The molecule has 0 aliphatic rings. The standard InChI is InChI=1S/C4H3Cl2O2/c1-3(8)4(5,6)2-7/h1H3. The zero-order valence-corrected chi connectivity index (χ0v) is 5.58. The fraction of sp³-hybridized carbons (Fsp3) is 0.500. The predicted molar refractivity (Wildman–Crippen MR) is 30.8 cm³/mol. The molecule has 0 saturated heterocycles. The fourth-order valence-electron chi connectivity index (χ4n) is 0.0719. The van der Waals surface area contributed by atoms with E-state index in [4.69, 9.17) is 23.2 Å². The molecule has 0 aliphatic carbocycles. The first-order valence-electron chi connectivity index (χ1n) is 1.79. The Bertz CT molecular complexity index is 119. The van der Waals surface area contributed by atoms with Crippen LogP contribution < -0.4 is 0 Å². The summed E-state index contributed by atoms with van der Waals surface area (Å²) in [5.74, 6) is -0.615. The average molecular weight is 154 g/mol. The number of carbonyl (C=O) groups is 1. The van der Waals surface area contributed by atoms with Gasteiger partial charge in [-0.25, -0.2) is 0 Å². The van der Waals surface area contributed by atoms with Crippen molar-refractivity contribution in [3.05, 3.63) is 0 Å². The molecule has 0 unspecified atom stereocenters. The Morgan fingerprint density at radius 1 is 1.62 bits per heavy atom. The van der Waals surface area contributed by atoms with Crippen molar-refractivity contribution in [1.82, 2.24) is 0 Å². The summed E-state index contributed by atoms with van der Waals surface area (Å²) in [5.41, 5.74) is 0. The number of carbonyl (C=O) groups excluding carboxylic acids is 2. The van der Waals surface area contributed by atoms with Crippen LogP contribution in [0.15, 0.2) is 0 Å². The summed E-state index contributed by atoms with van der Waals surface area (Å²) in [7, 11) is 0. The summed E-state index contributed by atoms with van der Waals surface area (Å²) in [4.78, 5) is 19.8. The molecule has 1 radical (unpaired) electrons. The maximum Gasteiger partial charge on any atom is 0.245 e. The quantitative estimate of drug-likeness (QED) is 0.436. The van der Waals surface area contributed by atoms with Crippen LogP contribution >= 0.6 is 23.2 Å². The lowest BCUT2D eigenvalue weighted by atomic mass is 10.3. The summed E-state index contributed by atoms with van der Waals surface area (Å²) in [6.07, 6.45) is 1.17. The molecule has 0 saturated carbocycles. The topological polar surface area (TPSA) is 34.1 Å². The van der Waals surface area contributed by atoms with Crippen LogP contribution in [0.2, 0.25) is 0 Å². The smallest absolute Gasteiger partial charge is 0.245 e. The largest absolute Gasteiger partial charge is 0.296 e. The molecule has 0 N–H and O–H groups in total. The molecule has 0 aromatic rings. The van der Waals surface area contributed by atoms with Crippen LogP contribution in [-0.4, -0.2) is 16.4 Å². The highest BCUT2D eigenvalue weighted by molar-refractivity contribution is 6.65. The molecule has 0 heterocycles. The second-order valence-electron chi connectivity index (χ2n) is 1.23. The van der Waals surface area contributed by atoms with Gasteiger partial charge in [0.1, 0.15) is 0 Å². The van der Waals surface area contributed by atoms with Crippen LogP contribution in [0, 0.1) is 0 Å². The number of hydrogen-bond acceptors (Lipinski definition) is 2. The third kappa shape index (κ3) is 1.80. The van der Waals surface area contributed by atoms with Crippen LogP contribution in [0.1, 0.15) is 6.92 Å². The first kappa shape index (κ1) is 7.92. The van der Waals surface area contributed by atoms with Gasteiger partial charge in [-0.2, -0.15) is 0 Å². The van der Waals surface area contributed by atoms with Crippen molar-refractivity contribution in [1.29, 1.82) is 0 Å². The van der Waals surface area contributed by atoms with Crippen LogP contribution in [-0.2, 0) is 9.59 Å². The highest BCUT2D eigenvalue weighted by atomic mass is 35.5. The van der Waals surface area contributed by atoms with Crippen molar-refractivity contribution in [3.63, 3.8) is 0 Å². The van der Waals surface area contributed by atoms with Gasteiger partial charge in [0.05, 0.1) is 0 Å². The van der Waals surface area contributed by atoms with Crippen molar-refractivity contribution < 1.29 is 9.59 Å². The Hall–Kier alpha value is -0.0800. The lowest BCUT2D eigenvalue weighted by Crippen LogP contribution is -2.24. The average Bonchev–Trinajstić information content (AvgIpc) is 1.67. The molecule has 8 heavy (non-hydrogen) atoms. The summed E-state index contributed by atoms with van der Waals surface area (Å²) in [6.45, 7) is 1.12. The van der Waals surface area contributed by atoms with Gasteiger partial charge in [0.2, 0.25) is 10.6 Å². The minimum absolute atomic E-state index is 0.615. The number of alkyl halides is 2. The third-order valence-electron chi connectivity index (χ3n) is 0.570. The zero-order valence-electron chi connectivity index (χ0n) is 4.07. The van der Waals surface area contributed by atoms with E-state index in [2.05, 4.69) is 0 Å². The minimum atomic E-state index is -1.96. The molecule has 0 bridgehead atoms. The van der Waals surface area contributed by atoms with Crippen molar-refractivity contribution in [2.24, 2.45) is 0 Å².